The van der Waals surface area contributed by atoms with E-state index in [1.165, 1.54) is 17.1 Å². The van der Waals surface area contributed by atoms with Gasteiger partial charge in [0.2, 0.25) is 0 Å². The number of amides is 2. The van der Waals surface area contributed by atoms with Crippen LogP contribution in [0.4, 0.5) is 10.5 Å². The van der Waals surface area contributed by atoms with Gasteiger partial charge in [-0.05, 0) is 12.1 Å². The lowest BCUT2D eigenvalue weighted by molar-refractivity contribution is -0.385. The lowest BCUT2D eigenvalue weighted by Gasteiger charge is -2.06. The fourth-order valence-electron chi connectivity index (χ4n) is 2.33. The van der Waals surface area contributed by atoms with Crippen molar-refractivity contribution in [2.45, 2.75) is 13.0 Å². The molecule has 0 radical (unpaired) electrons. The highest BCUT2D eigenvalue weighted by Crippen LogP contribution is 2.07. The summed E-state index contributed by atoms with van der Waals surface area (Å²) in [4.78, 5) is 26.2. The van der Waals surface area contributed by atoms with E-state index in [4.69, 9.17) is 0 Å². The molecular weight excluding hydrogens is 326 g/mol. The van der Waals surface area contributed by atoms with Gasteiger partial charge < -0.3 is 15.0 Å². The molecule has 130 valence electrons. The van der Waals surface area contributed by atoms with Crippen molar-refractivity contribution in [3.8, 4) is 0 Å². The zero-order valence-electron chi connectivity index (χ0n) is 13.3. The smallest absolute Gasteiger partial charge is 0.314 e. The van der Waals surface area contributed by atoms with Crippen molar-refractivity contribution in [3.05, 3.63) is 58.8 Å². The molecule has 0 aromatic carbocycles. The average Bonchev–Trinajstić information content (AvgIpc) is 3.21. The average molecular weight is 343 g/mol. The maximum absolute atomic E-state index is 11.7. The van der Waals surface area contributed by atoms with E-state index < -0.39 is 4.92 Å². The van der Waals surface area contributed by atoms with Crippen molar-refractivity contribution in [1.82, 2.24) is 29.8 Å². The van der Waals surface area contributed by atoms with Gasteiger partial charge in [0.05, 0.1) is 17.2 Å². The molecule has 3 aromatic heterocycles. The number of nitrogens with zero attached hydrogens (tertiary/aromatic N) is 5. The van der Waals surface area contributed by atoms with Gasteiger partial charge in [0, 0.05) is 31.9 Å². The Morgan fingerprint density at radius 3 is 2.84 bits per heavy atom. The van der Waals surface area contributed by atoms with Crippen LogP contribution in [0.2, 0.25) is 0 Å². The first kappa shape index (κ1) is 16.4. The van der Waals surface area contributed by atoms with Crippen molar-refractivity contribution < 1.29 is 9.72 Å². The van der Waals surface area contributed by atoms with Gasteiger partial charge in [0.15, 0.2) is 0 Å². The molecule has 0 saturated carbocycles. The van der Waals surface area contributed by atoms with Crippen molar-refractivity contribution in [1.29, 1.82) is 0 Å². The maximum Gasteiger partial charge on any atom is 0.314 e. The van der Waals surface area contributed by atoms with Crippen LogP contribution in [0.15, 0.2) is 43.0 Å². The Kier molecular flexibility index (Phi) is 4.88. The summed E-state index contributed by atoms with van der Waals surface area (Å²) in [5.41, 5.74) is 1.70. The molecule has 2 N–H and O–H groups in total. The van der Waals surface area contributed by atoms with Gasteiger partial charge in [-0.1, -0.05) is 6.07 Å². The van der Waals surface area contributed by atoms with Crippen LogP contribution in [0.1, 0.15) is 5.69 Å². The van der Waals surface area contributed by atoms with E-state index in [1.807, 2.05) is 35.0 Å². The number of carbonyl (C=O) groups is 1. The predicted octanol–water partition coefficient (Wildman–Crippen LogP) is 0.981. The van der Waals surface area contributed by atoms with Crippen LogP contribution in [-0.4, -0.2) is 43.2 Å². The second kappa shape index (κ2) is 7.43. The minimum atomic E-state index is -0.511. The largest absolute Gasteiger partial charge is 0.338 e. The topological polar surface area (TPSA) is 119 Å². The van der Waals surface area contributed by atoms with Crippen LogP contribution >= 0.6 is 0 Å². The lowest BCUT2D eigenvalue weighted by atomic mass is 10.3. The SMILES string of the molecule is O=C(NCCc1cn2ccccc2n1)NCCn1cc([N+](=O)[O-])cn1. The number of hydrogen-bond acceptors (Lipinski definition) is 5. The number of pyridine rings is 1. The molecule has 0 aliphatic heterocycles. The number of fused-ring (bicyclic) bond motifs is 1. The minimum Gasteiger partial charge on any atom is -0.338 e. The van der Waals surface area contributed by atoms with Crippen LogP contribution in [0.3, 0.4) is 0 Å². The summed E-state index contributed by atoms with van der Waals surface area (Å²) < 4.78 is 3.34. The van der Waals surface area contributed by atoms with E-state index in [0.29, 0.717) is 26.1 Å². The number of rotatable bonds is 7. The van der Waals surface area contributed by atoms with Gasteiger partial charge in [-0.2, -0.15) is 5.10 Å². The van der Waals surface area contributed by atoms with E-state index in [-0.39, 0.29) is 11.7 Å². The number of carbonyl (C=O) groups excluding carboxylic acids is 1. The summed E-state index contributed by atoms with van der Waals surface area (Å²) in [6.45, 7) is 1.13. The van der Waals surface area contributed by atoms with Gasteiger partial charge in [-0.25, -0.2) is 9.78 Å². The van der Waals surface area contributed by atoms with Crippen LogP contribution in [0.5, 0.6) is 0 Å². The third-order valence-electron chi connectivity index (χ3n) is 3.54. The van der Waals surface area contributed by atoms with Crippen molar-refractivity contribution >= 4 is 17.4 Å². The summed E-state index contributed by atoms with van der Waals surface area (Å²) >= 11 is 0. The molecule has 10 heteroatoms. The normalized spacial score (nSPS) is 10.7. The van der Waals surface area contributed by atoms with Gasteiger partial charge in [0.25, 0.3) is 0 Å². The third kappa shape index (κ3) is 4.31. The number of urea groups is 1. The third-order valence-corrected chi connectivity index (χ3v) is 3.54. The highest BCUT2D eigenvalue weighted by molar-refractivity contribution is 5.73. The first-order chi connectivity index (χ1) is 12.1. The highest BCUT2D eigenvalue weighted by atomic mass is 16.6. The number of nitro groups is 1. The van der Waals surface area contributed by atoms with E-state index in [0.717, 1.165) is 11.3 Å². The Morgan fingerprint density at radius 2 is 2.08 bits per heavy atom. The zero-order valence-corrected chi connectivity index (χ0v) is 13.3. The monoisotopic (exact) mass is 343 g/mol. The molecule has 3 heterocycles. The number of hydrogen-bond donors (Lipinski definition) is 2. The summed E-state index contributed by atoms with van der Waals surface area (Å²) in [7, 11) is 0. The Balaban J connectivity index is 1.37. The van der Waals surface area contributed by atoms with Crippen LogP contribution in [0, 0.1) is 10.1 Å². The summed E-state index contributed by atoms with van der Waals surface area (Å²) in [5, 5.41) is 19.8. The summed E-state index contributed by atoms with van der Waals surface area (Å²) in [6.07, 6.45) is 6.98. The fourth-order valence-corrected chi connectivity index (χ4v) is 2.33. The lowest BCUT2D eigenvalue weighted by Crippen LogP contribution is -2.38. The summed E-state index contributed by atoms with van der Waals surface area (Å²) in [6, 6.07) is 5.47. The highest BCUT2D eigenvalue weighted by Gasteiger charge is 2.08. The van der Waals surface area contributed by atoms with Crippen molar-refractivity contribution in [3.63, 3.8) is 0 Å². The molecule has 3 aromatic rings. The number of imidazole rings is 1. The molecule has 25 heavy (non-hydrogen) atoms. The van der Waals surface area contributed by atoms with E-state index in [2.05, 4.69) is 20.7 Å². The van der Waals surface area contributed by atoms with Gasteiger partial charge in [0.1, 0.15) is 18.0 Å². The Morgan fingerprint density at radius 1 is 1.24 bits per heavy atom. The first-order valence-corrected chi connectivity index (χ1v) is 7.73. The van der Waals surface area contributed by atoms with Crippen molar-refractivity contribution in [2.24, 2.45) is 0 Å². The Hall–Kier alpha value is -3.43. The fraction of sp³-hybridized carbons (Fsp3) is 0.267. The molecule has 0 spiro atoms. The molecule has 0 atom stereocenters. The molecule has 3 rings (SSSR count). The maximum atomic E-state index is 11.7. The summed E-state index contributed by atoms with van der Waals surface area (Å²) in [5.74, 6) is 0. The van der Waals surface area contributed by atoms with Crippen molar-refractivity contribution in [2.75, 3.05) is 13.1 Å². The molecule has 0 fully saturated rings. The quantitative estimate of drug-likeness (QED) is 0.489. The molecule has 0 aliphatic rings. The van der Waals surface area contributed by atoms with E-state index in [9.17, 15) is 14.9 Å². The second-order valence-corrected chi connectivity index (χ2v) is 5.35. The molecular formula is C15H17N7O3. The van der Waals surface area contributed by atoms with Crippen LogP contribution in [-0.2, 0) is 13.0 Å². The molecule has 0 unspecified atom stereocenters. The van der Waals surface area contributed by atoms with Gasteiger partial charge >= 0.3 is 11.7 Å². The number of aromatic nitrogens is 4. The van der Waals surface area contributed by atoms with Gasteiger partial charge in [-0.3, -0.25) is 14.8 Å². The predicted molar refractivity (Wildman–Crippen MR) is 89.2 cm³/mol. The Labute approximate surface area is 142 Å². The zero-order chi connectivity index (χ0) is 17.6. The van der Waals surface area contributed by atoms with Crippen LogP contribution in [0.25, 0.3) is 5.65 Å². The molecule has 0 aliphatic carbocycles. The first-order valence-electron chi connectivity index (χ1n) is 7.73. The molecule has 2 amide bonds. The molecule has 10 nitrogen and oxygen atoms in total. The standard InChI is InChI=1S/C15H17N7O3/c23-15(17-6-8-21-11-13(9-18-21)22(24)25)16-5-4-12-10-20-7-2-1-3-14(20)19-12/h1-3,7,9-11H,4-6,8H2,(H2,16,17,23). The van der Waals surface area contributed by atoms with Gasteiger partial charge in [-0.15, -0.1) is 0 Å². The molecule has 0 bridgehead atoms. The minimum absolute atomic E-state index is 0.0723. The van der Waals surface area contributed by atoms with E-state index >= 15 is 0 Å². The number of nitrogens with one attached hydrogen (secondary N) is 2. The van der Waals surface area contributed by atoms with E-state index in [1.54, 1.807) is 0 Å². The molecule has 0 saturated heterocycles. The second-order valence-electron chi connectivity index (χ2n) is 5.35. The Bertz CT molecular complexity index is 853. The van der Waals surface area contributed by atoms with Crippen LogP contribution < -0.4 is 10.6 Å².